The monoisotopic (exact) mass is 261 g/mol. The van der Waals surface area contributed by atoms with Crippen LogP contribution in [0.2, 0.25) is 0 Å². The van der Waals surface area contributed by atoms with E-state index in [4.69, 9.17) is 9.97 Å². The van der Waals surface area contributed by atoms with Gasteiger partial charge in [-0.2, -0.15) is 0 Å². The summed E-state index contributed by atoms with van der Waals surface area (Å²) >= 11 is 0. The average molecular weight is 261 g/mol. The van der Waals surface area contributed by atoms with Crippen LogP contribution in [-0.2, 0) is 18.4 Å². The first kappa shape index (κ1) is 14.4. The SMILES string of the molecule is Cc1nc(CN(C)C)nc(C(C)(C)C)c1CC1CC1. The fourth-order valence-corrected chi connectivity index (χ4v) is 2.48. The molecule has 1 aliphatic rings. The predicted octanol–water partition coefficient (Wildman–Crippen LogP) is 3.10. The Kier molecular flexibility index (Phi) is 3.95. The van der Waals surface area contributed by atoms with Crippen LogP contribution >= 0.6 is 0 Å². The molecule has 0 amide bonds. The molecule has 19 heavy (non-hydrogen) atoms. The van der Waals surface area contributed by atoms with E-state index in [1.807, 2.05) is 0 Å². The van der Waals surface area contributed by atoms with Gasteiger partial charge in [0.25, 0.3) is 0 Å². The molecule has 0 aromatic carbocycles. The second-order valence-corrected chi connectivity index (χ2v) is 7.19. The number of rotatable bonds is 4. The Bertz CT molecular complexity index is 454. The summed E-state index contributed by atoms with van der Waals surface area (Å²) in [7, 11) is 4.13. The molecule has 0 spiro atoms. The zero-order valence-corrected chi connectivity index (χ0v) is 13.2. The Hall–Kier alpha value is -0.960. The number of aromatic nitrogens is 2. The lowest BCUT2D eigenvalue weighted by molar-refractivity contribution is 0.386. The van der Waals surface area contributed by atoms with E-state index >= 15 is 0 Å². The molecule has 0 unspecified atom stereocenters. The van der Waals surface area contributed by atoms with Gasteiger partial charge in [-0.1, -0.05) is 20.8 Å². The maximum atomic E-state index is 4.87. The lowest BCUT2D eigenvalue weighted by atomic mass is 9.86. The summed E-state index contributed by atoms with van der Waals surface area (Å²) in [6, 6.07) is 0. The lowest BCUT2D eigenvalue weighted by Gasteiger charge is -2.24. The molecule has 1 aromatic heterocycles. The molecule has 0 radical (unpaired) electrons. The van der Waals surface area contributed by atoms with Gasteiger partial charge in [0.1, 0.15) is 5.82 Å². The van der Waals surface area contributed by atoms with Crippen LogP contribution in [0.15, 0.2) is 0 Å². The van der Waals surface area contributed by atoms with Gasteiger partial charge in [-0.15, -0.1) is 0 Å². The van der Waals surface area contributed by atoms with Gasteiger partial charge in [0, 0.05) is 11.1 Å². The van der Waals surface area contributed by atoms with Gasteiger partial charge in [0.2, 0.25) is 0 Å². The normalized spacial score (nSPS) is 16.2. The Morgan fingerprint density at radius 1 is 1.16 bits per heavy atom. The van der Waals surface area contributed by atoms with Crippen molar-refractivity contribution in [3.63, 3.8) is 0 Å². The summed E-state index contributed by atoms with van der Waals surface area (Å²) in [6.45, 7) is 9.72. The van der Waals surface area contributed by atoms with Crippen LogP contribution in [0.5, 0.6) is 0 Å². The van der Waals surface area contributed by atoms with Crippen LogP contribution in [0, 0.1) is 12.8 Å². The summed E-state index contributed by atoms with van der Waals surface area (Å²) in [6.07, 6.45) is 3.92. The number of aryl methyl sites for hydroxylation is 1. The van der Waals surface area contributed by atoms with E-state index in [0.29, 0.717) is 0 Å². The van der Waals surface area contributed by atoms with E-state index in [-0.39, 0.29) is 5.41 Å². The Labute approximate surface area is 117 Å². The van der Waals surface area contributed by atoms with E-state index in [1.54, 1.807) is 0 Å². The fraction of sp³-hybridized carbons (Fsp3) is 0.750. The number of nitrogens with zero attached hydrogens (tertiary/aromatic N) is 3. The second-order valence-electron chi connectivity index (χ2n) is 7.19. The van der Waals surface area contributed by atoms with Gasteiger partial charge in [-0.25, -0.2) is 9.97 Å². The summed E-state index contributed by atoms with van der Waals surface area (Å²) in [5.74, 6) is 1.83. The first-order valence-corrected chi connectivity index (χ1v) is 7.29. The van der Waals surface area contributed by atoms with E-state index < -0.39 is 0 Å². The molecule has 2 rings (SSSR count). The van der Waals surface area contributed by atoms with Crippen molar-refractivity contribution in [2.45, 2.75) is 58.9 Å². The first-order chi connectivity index (χ1) is 8.77. The molecular weight excluding hydrogens is 234 g/mol. The van der Waals surface area contributed by atoms with Gasteiger partial charge in [-0.05, 0) is 51.8 Å². The van der Waals surface area contributed by atoms with Crippen molar-refractivity contribution in [2.24, 2.45) is 5.92 Å². The fourth-order valence-electron chi connectivity index (χ4n) is 2.48. The third-order valence-corrected chi connectivity index (χ3v) is 3.62. The van der Waals surface area contributed by atoms with Crippen molar-refractivity contribution in [1.82, 2.24) is 14.9 Å². The Balaban J connectivity index is 2.40. The highest BCUT2D eigenvalue weighted by Gasteiger charge is 2.28. The maximum absolute atomic E-state index is 4.87. The van der Waals surface area contributed by atoms with Crippen LogP contribution in [-0.4, -0.2) is 29.0 Å². The van der Waals surface area contributed by atoms with E-state index in [0.717, 1.165) is 18.3 Å². The molecule has 3 nitrogen and oxygen atoms in total. The summed E-state index contributed by atoms with van der Waals surface area (Å²) in [5.41, 5.74) is 3.93. The quantitative estimate of drug-likeness (QED) is 0.834. The topological polar surface area (TPSA) is 29.0 Å². The molecule has 0 aliphatic heterocycles. The van der Waals surface area contributed by atoms with Crippen LogP contribution < -0.4 is 0 Å². The summed E-state index contributed by atoms with van der Waals surface area (Å²) in [4.78, 5) is 11.7. The van der Waals surface area contributed by atoms with Crippen molar-refractivity contribution < 1.29 is 0 Å². The third-order valence-electron chi connectivity index (χ3n) is 3.62. The summed E-state index contributed by atoms with van der Waals surface area (Å²) < 4.78 is 0. The van der Waals surface area contributed by atoms with Crippen molar-refractivity contribution >= 4 is 0 Å². The van der Waals surface area contributed by atoms with Crippen LogP contribution in [0.1, 0.15) is 56.4 Å². The zero-order valence-electron chi connectivity index (χ0n) is 13.2. The van der Waals surface area contributed by atoms with E-state index in [2.05, 4.69) is 46.7 Å². The van der Waals surface area contributed by atoms with Gasteiger partial charge < -0.3 is 4.90 Å². The number of hydrogen-bond donors (Lipinski definition) is 0. The maximum Gasteiger partial charge on any atom is 0.142 e. The first-order valence-electron chi connectivity index (χ1n) is 7.29. The minimum absolute atomic E-state index is 0.0962. The van der Waals surface area contributed by atoms with Crippen molar-refractivity contribution in [2.75, 3.05) is 14.1 Å². The minimum Gasteiger partial charge on any atom is -0.302 e. The number of hydrogen-bond acceptors (Lipinski definition) is 3. The molecule has 0 bridgehead atoms. The molecular formula is C16H27N3. The molecule has 1 aliphatic carbocycles. The third kappa shape index (κ3) is 3.75. The molecule has 0 saturated heterocycles. The molecule has 1 fully saturated rings. The van der Waals surface area contributed by atoms with Crippen molar-refractivity contribution in [3.05, 3.63) is 22.8 Å². The van der Waals surface area contributed by atoms with Gasteiger partial charge >= 0.3 is 0 Å². The zero-order chi connectivity index (χ0) is 14.2. The lowest BCUT2D eigenvalue weighted by Crippen LogP contribution is -2.22. The van der Waals surface area contributed by atoms with Crippen LogP contribution in [0.4, 0.5) is 0 Å². The van der Waals surface area contributed by atoms with Crippen molar-refractivity contribution in [3.8, 4) is 0 Å². The average Bonchev–Trinajstić information content (AvgIpc) is 3.02. The van der Waals surface area contributed by atoms with Gasteiger partial charge in [-0.3, -0.25) is 0 Å². The molecule has 1 heterocycles. The predicted molar refractivity (Wildman–Crippen MR) is 79.3 cm³/mol. The molecule has 0 atom stereocenters. The highest BCUT2D eigenvalue weighted by Crippen LogP contribution is 2.36. The highest BCUT2D eigenvalue weighted by molar-refractivity contribution is 5.31. The molecule has 0 N–H and O–H groups in total. The van der Waals surface area contributed by atoms with Crippen molar-refractivity contribution in [1.29, 1.82) is 0 Å². The Morgan fingerprint density at radius 3 is 2.26 bits per heavy atom. The Morgan fingerprint density at radius 2 is 1.79 bits per heavy atom. The van der Waals surface area contributed by atoms with E-state index in [9.17, 15) is 0 Å². The molecule has 3 heteroatoms. The molecule has 106 valence electrons. The second kappa shape index (κ2) is 5.20. The highest BCUT2D eigenvalue weighted by atomic mass is 15.1. The smallest absolute Gasteiger partial charge is 0.142 e. The molecule has 1 aromatic rings. The molecule has 1 saturated carbocycles. The van der Waals surface area contributed by atoms with Crippen LogP contribution in [0.3, 0.4) is 0 Å². The van der Waals surface area contributed by atoms with Gasteiger partial charge in [0.15, 0.2) is 0 Å². The van der Waals surface area contributed by atoms with Crippen LogP contribution in [0.25, 0.3) is 0 Å². The standard InChI is InChI=1S/C16H27N3/c1-11-13(9-12-7-8-12)15(16(2,3)4)18-14(17-11)10-19(5)6/h12H,7-10H2,1-6H3. The van der Waals surface area contributed by atoms with E-state index in [1.165, 1.54) is 36.2 Å². The van der Waals surface area contributed by atoms with Gasteiger partial charge in [0.05, 0.1) is 12.2 Å². The summed E-state index contributed by atoms with van der Waals surface area (Å²) in [5, 5.41) is 0. The minimum atomic E-state index is 0.0962. The largest absolute Gasteiger partial charge is 0.302 e.